The summed E-state index contributed by atoms with van der Waals surface area (Å²) in [6.45, 7) is 6.50. The molecule has 3 aromatic rings. The van der Waals surface area contributed by atoms with Crippen molar-refractivity contribution in [3.63, 3.8) is 0 Å². The number of rotatable bonds is 3. The fraction of sp³-hybridized carbons (Fsp3) is 0.286. The molecule has 0 radical (unpaired) electrons. The van der Waals surface area contributed by atoms with Gasteiger partial charge < -0.3 is 14.2 Å². The van der Waals surface area contributed by atoms with E-state index in [-0.39, 0.29) is 5.91 Å². The maximum absolute atomic E-state index is 12.5. The molecule has 3 heterocycles. The number of nitrogens with zero attached hydrogens (tertiary/aromatic N) is 4. The molecule has 6 heteroatoms. The Labute approximate surface area is 158 Å². The molecule has 0 aliphatic carbocycles. The van der Waals surface area contributed by atoms with Gasteiger partial charge in [-0.15, -0.1) is 0 Å². The molecule has 1 aliphatic rings. The first-order valence-corrected chi connectivity index (χ1v) is 9.12. The molecular weight excluding hydrogens is 340 g/mol. The van der Waals surface area contributed by atoms with Crippen molar-refractivity contribution < 1.29 is 9.21 Å². The van der Waals surface area contributed by atoms with Gasteiger partial charge in [-0.05, 0) is 26.0 Å². The van der Waals surface area contributed by atoms with E-state index in [4.69, 9.17) is 4.42 Å². The van der Waals surface area contributed by atoms with Crippen LogP contribution in [0.15, 0.2) is 52.9 Å². The van der Waals surface area contributed by atoms with Crippen molar-refractivity contribution in [1.29, 1.82) is 0 Å². The van der Waals surface area contributed by atoms with Crippen LogP contribution in [-0.2, 0) is 0 Å². The van der Waals surface area contributed by atoms with Crippen LogP contribution in [0.1, 0.15) is 22.1 Å². The summed E-state index contributed by atoms with van der Waals surface area (Å²) >= 11 is 0. The summed E-state index contributed by atoms with van der Waals surface area (Å²) in [7, 11) is 0. The van der Waals surface area contributed by atoms with Gasteiger partial charge in [0.15, 0.2) is 5.76 Å². The Kier molecular flexibility index (Phi) is 4.62. The standard InChI is InChI=1S/C21H22N4O2/c1-15-8-9-19(27-15)21(26)25-12-10-24(11-13-25)20-14-18(22-16(2)23-20)17-6-4-3-5-7-17/h3-9,14H,10-13H2,1-2H3. The summed E-state index contributed by atoms with van der Waals surface area (Å²) in [6.07, 6.45) is 0. The van der Waals surface area contributed by atoms with E-state index < -0.39 is 0 Å². The Bertz CT molecular complexity index is 944. The molecule has 6 nitrogen and oxygen atoms in total. The second-order valence-corrected chi connectivity index (χ2v) is 6.71. The van der Waals surface area contributed by atoms with E-state index in [1.54, 1.807) is 6.07 Å². The predicted molar refractivity (Wildman–Crippen MR) is 104 cm³/mol. The highest BCUT2D eigenvalue weighted by molar-refractivity contribution is 5.91. The minimum atomic E-state index is -0.0495. The lowest BCUT2D eigenvalue weighted by atomic mass is 10.1. The molecule has 0 atom stereocenters. The van der Waals surface area contributed by atoms with Crippen LogP contribution in [0.4, 0.5) is 5.82 Å². The zero-order valence-corrected chi connectivity index (χ0v) is 15.6. The molecule has 27 heavy (non-hydrogen) atoms. The summed E-state index contributed by atoms with van der Waals surface area (Å²) in [5, 5.41) is 0. The number of aromatic nitrogens is 2. The number of hydrogen-bond donors (Lipinski definition) is 0. The van der Waals surface area contributed by atoms with E-state index in [0.717, 1.165) is 41.7 Å². The molecule has 1 aromatic carbocycles. The van der Waals surface area contributed by atoms with Gasteiger partial charge in [-0.25, -0.2) is 9.97 Å². The third kappa shape index (κ3) is 3.69. The number of benzene rings is 1. The second kappa shape index (κ2) is 7.23. The highest BCUT2D eigenvalue weighted by atomic mass is 16.3. The van der Waals surface area contributed by atoms with Crippen LogP contribution in [0, 0.1) is 13.8 Å². The van der Waals surface area contributed by atoms with Crippen molar-refractivity contribution in [2.75, 3.05) is 31.1 Å². The molecule has 0 spiro atoms. The fourth-order valence-corrected chi connectivity index (χ4v) is 3.31. The van der Waals surface area contributed by atoms with Crippen molar-refractivity contribution >= 4 is 11.7 Å². The lowest BCUT2D eigenvalue weighted by Crippen LogP contribution is -2.49. The molecule has 138 valence electrons. The highest BCUT2D eigenvalue weighted by Gasteiger charge is 2.25. The van der Waals surface area contributed by atoms with Crippen molar-refractivity contribution in [2.45, 2.75) is 13.8 Å². The minimum absolute atomic E-state index is 0.0495. The lowest BCUT2D eigenvalue weighted by Gasteiger charge is -2.35. The fourth-order valence-electron chi connectivity index (χ4n) is 3.31. The van der Waals surface area contributed by atoms with E-state index >= 15 is 0 Å². The Morgan fingerprint density at radius 2 is 1.70 bits per heavy atom. The van der Waals surface area contributed by atoms with E-state index in [1.807, 2.05) is 61.2 Å². The number of hydrogen-bond acceptors (Lipinski definition) is 5. The summed E-state index contributed by atoms with van der Waals surface area (Å²) in [5.41, 5.74) is 1.99. The topological polar surface area (TPSA) is 62.5 Å². The van der Waals surface area contributed by atoms with Gasteiger partial charge in [-0.2, -0.15) is 0 Å². The van der Waals surface area contributed by atoms with Crippen molar-refractivity contribution in [1.82, 2.24) is 14.9 Å². The summed E-state index contributed by atoms with van der Waals surface area (Å²) in [5.74, 6) is 2.76. The Morgan fingerprint density at radius 1 is 0.963 bits per heavy atom. The van der Waals surface area contributed by atoms with Crippen molar-refractivity contribution in [3.05, 3.63) is 65.9 Å². The SMILES string of the molecule is Cc1nc(-c2ccccc2)cc(N2CCN(C(=O)c3ccc(C)o3)CC2)n1. The summed E-state index contributed by atoms with van der Waals surface area (Å²) < 4.78 is 5.47. The van der Waals surface area contributed by atoms with Gasteiger partial charge in [0.1, 0.15) is 17.4 Å². The summed E-state index contributed by atoms with van der Waals surface area (Å²) in [6, 6.07) is 15.7. The number of piperazine rings is 1. The Hall–Kier alpha value is -3.15. The van der Waals surface area contributed by atoms with Gasteiger partial charge in [-0.1, -0.05) is 30.3 Å². The molecular formula is C21H22N4O2. The molecule has 1 fully saturated rings. The monoisotopic (exact) mass is 362 g/mol. The van der Waals surface area contributed by atoms with Crippen molar-refractivity contribution in [2.24, 2.45) is 0 Å². The molecule has 2 aromatic heterocycles. The number of amides is 1. The smallest absolute Gasteiger partial charge is 0.289 e. The molecule has 0 bridgehead atoms. The van der Waals surface area contributed by atoms with Crippen LogP contribution >= 0.6 is 0 Å². The first kappa shape index (κ1) is 17.3. The zero-order chi connectivity index (χ0) is 18.8. The van der Waals surface area contributed by atoms with E-state index in [9.17, 15) is 4.79 Å². The van der Waals surface area contributed by atoms with Gasteiger partial charge in [0.2, 0.25) is 0 Å². The first-order chi connectivity index (χ1) is 13.1. The molecule has 1 saturated heterocycles. The quantitative estimate of drug-likeness (QED) is 0.715. The number of anilines is 1. The minimum Gasteiger partial charge on any atom is -0.456 e. The maximum Gasteiger partial charge on any atom is 0.289 e. The van der Waals surface area contributed by atoms with Crippen LogP contribution in [0.5, 0.6) is 0 Å². The van der Waals surface area contributed by atoms with Gasteiger partial charge in [0.05, 0.1) is 5.69 Å². The second-order valence-electron chi connectivity index (χ2n) is 6.71. The Morgan fingerprint density at radius 3 is 2.37 bits per heavy atom. The molecule has 1 amide bonds. The van der Waals surface area contributed by atoms with Gasteiger partial charge in [0, 0.05) is 37.8 Å². The maximum atomic E-state index is 12.5. The Balaban J connectivity index is 1.48. The summed E-state index contributed by atoms with van der Waals surface area (Å²) in [4.78, 5) is 25.8. The van der Waals surface area contributed by atoms with E-state index in [2.05, 4.69) is 14.9 Å². The van der Waals surface area contributed by atoms with Crippen LogP contribution in [0.25, 0.3) is 11.3 Å². The van der Waals surface area contributed by atoms with Crippen LogP contribution in [0.3, 0.4) is 0 Å². The largest absolute Gasteiger partial charge is 0.456 e. The van der Waals surface area contributed by atoms with E-state index in [1.165, 1.54) is 0 Å². The normalized spacial score (nSPS) is 14.4. The average Bonchev–Trinajstić information content (AvgIpc) is 3.14. The predicted octanol–water partition coefficient (Wildman–Crippen LogP) is 3.32. The number of aryl methyl sites for hydroxylation is 2. The third-order valence-electron chi connectivity index (χ3n) is 4.74. The van der Waals surface area contributed by atoms with Crippen molar-refractivity contribution in [3.8, 4) is 11.3 Å². The van der Waals surface area contributed by atoms with Crippen LogP contribution in [-0.4, -0.2) is 47.0 Å². The first-order valence-electron chi connectivity index (χ1n) is 9.12. The lowest BCUT2D eigenvalue weighted by molar-refractivity contribution is 0.0713. The average molecular weight is 362 g/mol. The number of carbonyl (C=O) groups is 1. The van der Waals surface area contributed by atoms with Gasteiger partial charge >= 0.3 is 0 Å². The highest BCUT2D eigenvalue weighted by Crippen LogP contribution is 2.23. The third-order valence-corrected chi connectivity index (χ3v) is 4.74. The number of furan rings is 1. The molecule has 1 aliphatic heterocycles. The van der Waals surface area contributed by atoms with Crippen LogP contribution in [0.2, 0.25) is 0 Å². The van der Waals surface area contributed by atoms with Gasteiger partial charge in [0.25, 0.3) is 5.91 Å². The molecule has 0 N–H and O–H groups in total. The van der Waals surface area contributed by atoms with Gasteiger partial charge in [-0.3, -0.25) is 4.79 Å². The molecule has 0 unspecified atom stereocenters. The number of carbonyl (C=O) groups excluding carboxylic acids is 1. The van der Waals surface area contributed by atoms with Crippen LogP contribution < -0.4 is 4.90 Å². The molecule has 4 rings (SSSR count). The van der Waals surface area contributed by atoms with E-state index in [0.29, 0.717) is 18.8 Å². The molecule has 0 saturated carbocycles. The zero-order valence-electron chi connectivity index (χ0n) is 15.6.